The van der Waals surface area contributed by atoms with Crippen molar-refractivity contribution >= 4 is 153 Å². The molecular weight excluding hydrogens is 1400 g/mol. The van der Waals surface area contributed by atoms with Gasteiger partial charge in [0.25, 0.3) is 0 Å². The summed E-state index contributed by atoms with van der Waals surface area (Å²) < 4.78 is 107. The van der Waals surface area contributed by atoms with Gasteiger partial charge in [-0.15, -0.1) is 0 Å². The Kier molecular flexibility index (Phi) is 20.7. The molecular formula is C65H74Cl4N16O8S4. The fourth-order valence-corrected chi connectivity index (χ4v) is 21.0. The van der Waals surface area contributed by atoms with Gasteiger partial charge in [0.2, 0.25) is 40.1 Å². The normalized spacial score (nSPS) is 18.5. The van der Waals surface area contributed by atoms with Gasteiger partial charge >= 0.3 is 0 Å². The van der Waals surface area contributed by atoms with Gasteiger partial charge < -0.3 is 19.6 Å². The predicted octanol–water partition coefficient (Wildman–Crippen LogP) is 10.0. The third-order valence-corrected chi connectivity index (χ3v) is 28.1. The quantitative estimate of drug-likeness (QED) is 0.0835. The van der Waals surface area contributed by atoms with Crippen molar-refractivity contribution in [2.75, 3.05) is 124 Å². The lowest BCUT2D eigenvalue weighted by molar-refractivity contribution is 0.379. The molecule has 6 fully saturated rings. The molecule has 0 atom stereocenters. The number of piperazine rings is 4. The zero-order chi connectivity index (χ0) is 67.6. The molecule has 6 aliphatic rings. The molecule has 4 aliphatic heterocycles. The van der Waals surface area contributed by atoms with E-state index >= 15 is 0 Å². The second-order valence-electron chi connectivity index (χ2n) is 24.8. The summed E-state index contributed by atoms with van der Waals surface area (Å²) in [5.41, 5.74) is 8.37. The maximum absolute atomic E-state index is 12.7. The Bertz CT molecular complexity index is 4880. The van der Waals surface area contributed by atoms with E-state index in [1.807, 2.05) is 84.9 Å². The molecule has 0 amide bonds. The minimum Gasteiger partial charge on any atom is -0.368 e. The highest BCUT2D eigenvalue weighted by atomic mass is 35.5. The molecule has 0 radical (unpaired) electrons. The molecule has 0 bridgehead atoms. The van der Waals surface area contributed by atoms with Crippen LogP contribution in [0.15, 0.2) is 139 Å². The molecule has 32 heteroatoms. The third kappa shape index (κ3) is 15.4. The Hall–Kier alpha value is -6.80. The van der Waals surface area contributed by atoms with Crippen LogP contribution in [0.3, 0.4) is 0 Å². The maximum Gasteiger partial charge on any atom is 0.243 e. The largest absolute Gasteiger partial charge is 0.368 e. The van der Waals surface area contributed by atoms with Gasteiger partial charge in [0.15, 0.2) is 0 Å². The highest BCUT2D eigenvalue weighted by Crippen LogP contribution is 2.37. The van der Waals surface area contributed by atoms with E-state index in [4.69, 9.17) is 46.4 Å². The number of anilines is 4. The molecule has 24 nitrogen and oxygen atoms in total. The summed E-state index contributed by atoms with van der Waals surface area (Å²) in [6.45, 7) is 9.06. The zero-order valence-corrected chi connectivity index (χ0v) is 59.2. The van der Waals surface area contributed by atoms with Gasteiger partial charge in [-0.3, -0.25) is 20.4 Å². The van der Waals surface area contributed by atoms with Crippen LogP contribution in [0.5, 0.6) is 0 Å². The molecule has 10 aromatic rings. The molecule has 514 valence electrons. The topological polar surface area (TPSA) is 277 Å². The molecule has 2 aliphatic carbocycles. The number of H-pyrrole nitrogens is 4. The highest BCUT2D eigenvalue weighted by Gasteiger charge is 2.42. The maximum atomic E-state index is 12.7. The van der Waals surface area contributed by atoms with E-state index in [0.717, 1.165) is 110 Å². The summed E-state index contributed by atoms with van der Waals surface area (Å²) in [4.78, 5) is 9.04. The smallest absolute Gasteiger partial charge is 0.243 e. The number of aromatic nitrogens is 8. The summed E-state index contributed by atoms with van der Waals surface area (Å²) >= 11 is 24.8. The minimum absolute atomic E-state index is 0.0387. The highest BCUT2D eigenvalue weighted by molar-refractivity contribution is 7.90. The summed E-state index contributed by atoms with van der Waals surface area (Å²) in [6.07, 6.45) is 12.4. The lowest BCUT2D eigenvalue weighted by Crippen LogP contribution is -2.50. The van der Waals surface area contributed by atoms with Crippen LogP contribution in [0.25, 0.3) is 43.6 Å². The van der Waals surface area contributed by atoms with Gasteiger partial charge in [-0.2, -0.15) is 37.6 Å². The van der Waals surface area contributed by atoms with Crippen LogP contribution in [0.4, 0.5) is 22.7 Å². The summed E-state index contributed by atoms with van der Waals surface area (Å²) in [5.74, 6) is 0.0387. The van der Waals surface area contributed by atoms with E-state index in [1.165, 1.54) is 4.31 Å². The predicted molar refractivity (Wildman–Crippen MR) is 385 cm³/mol. The number of benzene rings is 6. The molecule has 6 aromatic carbocycles. The van der Waals surface area contributed by atoms with Crippen molar-refractivity contribution in [1.29, 1.82) is 0 Å². The van der Waals surface area contributed by atoms with Crippen molar-refractivity contribution in [2.45, 2.75) is 59.7 Å². The van der Waals surface area contributed by atoms with Gasteiger partial charge in [-0.25, -0.2) is 33.7 Å². The Balaban J connectivity index is 0.000000117. The number of hydrogen-bond donors (Lipinski definition) is 4. The van der Waals surface area contributed by atoms with Gasteiger partial charge in [0.05, 0.1) is 68.0 Å². The number of nitrogens with one attached hydrogen (secondary N) is 4. The number of aromatic amines is 4. The Morgan fingerprint density at radius 2 is 0.660 bits per heavy atom. The second kappa shape index (κ2) is 29.2. The molecule has 16 rings (SSSR count). The number of sulfonamides is 4. The van der Waals surface area contributed by atoms with Gasteiger partial charge in [0.1, 0.15) is 0 Å². The first-order valence-electron chi connectivity index (χ1n) is 32.2. The number of rotatable bonds is 13. The standard InChI is InChI=1S/C18H19ClN4O2S.C17H17ClN4O2S.C16H21ClN4O2S.C14H17ClN4O2S/c19-15-10-17-16(12-20-21-17)18(11-15)22-6-8-23(9-7-22)26(24,25)13-14-4-2-1-3-5-14;18-13-10-16-15(12-19-20-16)17(11-13)21-6-8-22(9-7-21)25(23,24)14-4-2-1-3-5-14;17-12-9-15-14(11-18-19-15)16(10-12)20-5-7-21(8-6-20)24(22,23)13-3-1-2-4-13;15-10-7-13-12(9-16-17-13)14(8-10)18-3-5-19(6-4-18)22(20,21)11-1-2-11/h1-5,10-12H,6-9,13H2,(H,20,21);1-5,10-12H,6-9H2,(H,19,20);9-11,13H,1-8H2,(H,18,19);7-9,11H,1-6H2,(H,16,17). The molecule has 2 saturated carbocycles. The van der Waals surface area contributed by atoms with E-state index < -0.39 is 40.1 Å². The van der Waals surface area contributed by atoms with Crippen molar-refractivity contribution in [3.63, 3.8) is 0 Å². The van der Waals surface area contributed by atoms with Gasteiger partial charge in [0, 0.05) is 169 Å². The minimum atomic E-state index is -3.45. The average molecular weight is 1480 g/mol. The van der Waals surface area contributed by atoms with Gasteiger partial charge in [-0.05, 0) is 91.9 Å². The lowest BCUT2D eigenvalue weighted by Gasteiger charge is -2.36. The Morgan fingerprint density at radius 1 is 0.361 bits per heavy atom. The van der Waals surface area contributed by atoms with Crippen LogP contribution >= 0.6 is 46.4 Å². The molecule has 4 N–H and O–H groups in total. The van der Waals surface area contributed by atoms with Crippen molar-refractivity contribution in [1.82, 2.24) is 58.0 Å². The van der Waals surface area contributed by atoms with Crippen molar-refractivity contribution in [3.8, 4) is 0 Å². The molecule has 4 aromatic heterocycles. The Labute approximate surface area is 583 Å². The van der Waals surface area contributed by atoms with E-state index in [9.17, 15) is 33.7 Å². The molecule has 0 spiro atoms. The average Bonchev–Trinajstić information content (AvgIpc) is 1.50. The van der Waals surface area contributed by atoms with Crippen LogP contribution in [-0.2, 0) is 45.8 Å². The lowest BCUT2D eigenvalue weighted by atomic mass is 10.2. The van der Waals surface area contributed by atoms with Crippen LogP contribution in [-0.4, -0.2) is 207 Å². The first kappa shape index (κ1) is 68.7. The summed E-state index contributed by atoms with van der Waals surface area (Å²) in [5, 5.41) is 34.3. The van der Waals surface area contributed by atoms with Crippen molar-refractivity contribution < 1.29 is 33.7 Å². The number of halogens is 4. The molecule has 8 heterocycles. The van der Waals surface area contributed by atoms with Gasteiger partial charge in [-0.1, -0.05) is 108 Å². The van der Waals surface area contributed by atoms with E-state index in [1.54, 1.807) is 62.0 Å². The fraction of sp³-hybridized carbons (Fsp3) is 0.385. The number of hydrogen-bond acceptors (Lipinski definition) is 16. The number of fused-ring (bicyclic) bond motifs is 4. The zero-order valence-electron chi connectivity index (χ0n) is 52.9. The monoisotopic (exact) mass is 1470 g/mol. The van der Waals surface area contributed by atoms with Crippen LogP contribution in [0.2, 0.25) is 20.1 Å². The first-order valence-corrected chi connectivity index (χ1v) is 39.8. The second-order valence-corrected chi connectivity index (χ2v) is 34.9. The van der Waals surface area contributed by atoms with Crippen LogP contribution in [0.1, 0.15) is 44.1 Å². The molecule has 0 unspecified atom stereocenters. The first-order chi connectivity index (χ1) is 46.7. The fourth-order valence-electron chi connectivity index (χ4n) is 13.4. The van der Waals surface area contributed by atoms with E-state index in [-0.39, 0.29) is 16.3 Å². The van der Waals surface area contributed by atoms with Crippen LogP contribution < -0.4 is 19.6 Å². The summed E-state index contributed by atoms with van der Waals surface area (Å²) in [7, 11) is -13.0. The summed E-state index contributed by atoms with van der Waals surface area (Å²) in [6, 6.07) is 32.9. The molecule has 97 heavy (non-hydrogen) atoms. The van der Waals surface area contributed by atoms with Crippen molar-refractivity contribution in [2.24, 2.45) is 0 Å². The van der Waals surface area contributed by atoms with E-state index in [2.05, 4.69) is 60.4 Å². The number of nitrogens with zero attached hydrogens (tertiary/aromatic N) is 12. The Morgan fingerprint density at radius 3 is 0.990 bits per heavy atom. The van der Waals surface area contributed by atoms with Crippen molar-refractivity contribution in [3.05, 3.63) is 160 Å². The third-order valence-electron chi connectivity index (χ3n) is 18.7. The van der Waals surface area contributed by atoms with Crippen LogP contribution in [0, 0.1) is 0 Å². The van der Waals surface area contributed by atoms with E-state index in [0.29, 0.717) is 130 Å². The molecule has 4 saturated heterocycles. The SMILES string of the molecule is O=S(=O)(C1CC1)N1CCN(c2cc(Cl)cc3[nH]ncc23)CC1.O=S(=O)(C1CCCC1)N1CCN(c2cc(Cl)cc3[nH]ncc23)CC1.O=S(=O)(Cc1ccccc1)N1CCN(c2cc(Cl)cc3[nH]ncc23)CC1.O=S(=O)(c1ccccc1)N1CCN(c2cc(Cl)cc3[nH]ncc23)CC1.